The Hall–Kier alpha value is -2.96. The molecule has 0 atom stereocenters. The van der Waals surface area contributed by atoms with Crippen molar-refractivity contribution in [3.63, 3.8) is 0 Å². The van der Waals surface area contributed by atoms with E-state index in [1.165, 1.54) is 30.3 Å². The minimum atomic E-state index is -0.408. The molecule has 0 bridgehead atoms. The largest absolute Gasteiger partial charge is 0.335 e. The Balaban J connectivity index is 1.65. The lowest BCUT2D eigenvalue weighted by molar-refractivity contribution is 0.0534. The molecular weight excluding hydrogens is 325 g/mol. The van der Waals surface area contributed by atoms with Crippen LogP contribution in [0.15, 0.2) is 41.2 Å². The van der Waals surface area contributed by atoms with E-state index < -0.39 is 11.4 Å². The van der Waals surface area contributed by atoms with Gasteiger partial charge in [-0.25, -0.2) is 4.39 Å². The number of rotatable bonds is 2. The first-order valence-electron chi connectivity index (χ1n) is 8.00. The van der Waals surface area contributed by atoms with Crippen molar-refractivity contribution in [2.75, 3.05) is 26.2 Å². The van der Waals surface area contributed by atoms with Gasteiger partial charge in [0.15, 0.2) is 0 Å². The minimum absolute atomic E-state index is 0.101. The van der Waals surface area contributed by atoms with Crippen molar-refractivity contribution in [2.24, 2.45) is 0 Å². The number of hydrogen-bond donors (Lipinski definition) is 1. The van der Waals surface area contributed by atoms with Crippen LogP contribution in [0.5, 0.6) is 0 Å². The fourth-order valence-electron chi connectivity index (χ4n) is 2.80. The maximum Gasteiger partial charge on any atom is 0.260 e. The second-order valence-electron chi connectivity index (χ2n) is 5.98. The number of aryl methyl sites for hydroxylation is 1. The predicted octanol–water partition coefficient (Wildman–Crippen LogP) is 1.42. The number of pyridine rings is 1. The number of H-pyrrole nitrogens is 1. The molecule has 1 aliphatic heterocycles. The average Bonchev–Trinajstić information content (AvgIpc) is 2.61. The summed E-state index contributed by atoms with van der Waals surface area (Å²) >= 11 is 0. The molecule has 2 aromatic rings. The standard InChI is InChI=1S/C18H18FN3O3/c1-12-2-7-15(16(23)20-12)18(25)22-10-8-21(9-11-22)17(24)13-3-5-14(19)6-4-13/h2-7H,8-11H2,1H3,(H,20,23). The molecule has 0 unspecified atom stereocenters. The molecule has 1 aromatic carbocycles. The molecule has 130 valence electrons. The summed E-state index contributed by atoms with van der Waals surface area (Å²) in [5.74, 6) is -0.925. The predicted molar refractivity (Wildman–Crippen MR) is 90.0 cm³/mol. The maximum atomic E-state index is 13.0. The maximum absolute atomic E-state index is 13.0. The third kappa shape index (κ3) is 3.60. The Morgan fingerprint density at radius 3 is 2.04 bits per heavy atom. The highest BCUT2D eigenvalue weighted by molar-refractivity contribution is 5.95. The van der Waals surface area contributed by atoms with Crippen molar-refractivity contribution < 1.29 is 14.0 Å². The number of piperazine rings is 1. The van der Waals surface area contributed by atoms with E-state index in [-0.39, 0.29) is 17.4 Å². The highest BCUT2D eigenvalue weighted by Crippen LogP contribution is 2.11. The van der Waals surface area contributed by atoms with Crippen LogP contribution in [-0.2, 0) is 0 Å². The molecule has 1 aromatic heterocycles. The monoisotopic (exact) mass is 343 g/mol. The van der Waals surface area contributed by atoms with Gasteiger partial charge in [-0.2, -0.15) is 0 Å². The number of halogens is 1. The van der Waals surface area contributed by atoms with Crippen LogP contribution in [0.25, 0.3) is 0 Å². The first-order chi connectivity index (χ1) is 12.0. The van der Waals surface area contributed by atoms with E-state index in [0.29, 0.717) is 37.4 Å². The summed E-state index contributed by atoms with van der Waals surface area (Å²) in [6, 6.07) is 8.59. The lowest BCUT2D eigenvalue weighted by Crippen LogP contribution is -2.51. The number of hydrogen-bond acceptors (Lipinski definition) is 3. The SMILES string of the molecule is Cc1ccc(C(=O)N2CCN(C(=O)c3ccc(F)cc3)CC2)c(=O)[nH]1. The fraction of sp³-hybridized carbons (Fsp3) is 0.278. The summed E-state index contributed by atoms with van der Waals surface area (Å²) in [7, 11) is 0. The van der Waals surface area contributed by atoms with Crippen LogP contribution in [-0.4, -0.2) is 52.8 Å². The van der Waals surface area contributed by atoms with Crippen molar-refractivity contribution in [2.45, 2.75) is 6.92 Å². The molecule has 1 N–H and O–H groups in total. The molecule has 1 aliphatic rings. The zero-order valence-corrected chi connectivity index (χ0v) is 13.8. The number of carbonyl (C=O) groups excluding carboxylic acids is 2. The summed E-state index contributed by atoms with van der Waals surface area (Å²) in [5, 5.41) is 0. The number of nitrogens with one attached hydrogen (secondary N) is 1. The minimum Gasteiger partial charge on any atom is -0.335 e. The smallest absolute Gasteiger partial charge is 0.260 e. The number of benzene rings is 1. The van der Waals surface area contributed by atoms with Gasteiger partial charge >= 0.3 is 0 Å². The van der Waals surface area contributed by atoms with Gasteiger partial charge in [0.25, 0.3) is 17.4 Å². The van der Waals surface area contributed by atoms with Crippen LogP contribution >= 0.6 is 0 Å². The molecule has 1 fully saturated rings. The van der Waals surface area contributed by atoms with Gasteiger partial charge in [0.1, 0.15) is 11.4 Å². The van der Waals surface area contributed by atoms with Crippen molar-refractivity contribution in [3.8, 4) is 0 Å². The Morgan fingerprint density at radius 2 is 1.48 bits per heavy atom. The van der Waals surface area contributed by atoms with Gasteiger partial charge in [0.05, 0.1) is 0 Å². The molecule has 0 radical (unpaired) electrons. The van der Waals surface area contributed by atoms with E-state index in [4.69, 9.17) is 0 Å². The molecule has 0 aliphatic carbocycles. The van der Waals surface area contributed by atoms with Crippen LogP contribution in [0.1, 0.15) is 26.4 Å². The molecule has 6 nitrogen and oxygen atoms in total. The third-order valence-electron chi connectivity index (χ3n) is 4.23. The molecule has 7 heteroatoms. The normalized spacial score (nSPS) is 14.5. The molecular formula is C18H18FN3O3. The molecule has 25 heavy (non-hydrogen) atoms. The van der Waals surface area contributed by atoms with Crippen molar-refractivity contribution in [1.82, 2.24) is 14.8 Å². The van der Waals surface area contributed by atoms with Gasteiger partial charge in [-0.3, -0.25) is 14.4 Å². The van der Waals surface area contributed by atoms with E-state index in [2.05, 4.69) is 4.98 Å². The van der Waals surface area contributed by atoms with Gasteiger partial charge in [-0.1, -0.05) is 0 Å². The van der Waals surface area contributed by atoms with Crippen LogP contribution in [0.3, 0.4) is 0 Å². The number of aromatic nitrogens is 1. The molecule has 1 saturated heterocycles. The lowest BCUT2D eigenvalue weighted by atomic mass is 10.1. The van der Waals surface area contributed by atoms with Gasteiger partial charge in [-0.15, -0.1) is 0 Å². The molecule has 2 heterocycles. The Morgan fingerprint density at radius 1 is 0.920 bits per heavy atom. The second-order valence-corrected chi connectivity index (χ2v) is 5.98. The van der Waals surface area contributed by atoms with E-state index in [1.807, 2.05) is 0 Å². The fourth-order valence-corrected chi connectivity index (χ4v) is 2.80. The molecule has 2 amide bonds. The summed E-state index contributed by atoms with van der Waals surface area (Å²) in [6.45, 7) is 3.17. The van der Waals surface area contributed by atoms with E-state index >= 15 is 0 Å². The molecule has 0 spiro atoms. The van der Waals surface area contributed by atoms with Crippen LogP contribution < -0.4 is 5.56 Å². The van der Waals surface area contributed by atoms with Crippen molar-refractivity contribution in [3.05, 3.63) is 69.4 Å². The topological polar surface area (TPSA) is 73.5 Å². The summed E-state index contributed by atoms with van der Waals surface area (Å²) < 4.78 is 13.0. The lowest BCUT2D eigenvalue weighted by Gasteiger charge is -2.34. The second kappa shape index (κ2) is 6.88. The van der Waals surface area contributed by atoms with Crippen LogP contribution in [0.4, 0.5) is 4.39 Å². The van der Waals surface area contributed by atoms with Gasteiger partial charge in [-0.05, 0) is 43.3 Å². The first kappa shape index (κ1) is 16.9. The third-order valence-corrected chi connectivity index (χ3v) is 4.23. The zero-order chi connectivity index (χ0) is 18.0. The Bertz CT molecular complexity index is 853. The summed E-state index contributed by atoms with van der Waals surface area (Å²) in [4.78, 5) is 42.6. The number of amides is 2. The van der Waals surface area contributed by atoms with Crippen LogP contribution in [0.2, 0.25) is 0 Å². The van der Waals surface area contributed by atoms with Gasteiger partial charge in [0.2, 0.25) is 0 Å². The highest BCUT2D eigenvalue weighted by Gasteiger charge is 2.26. The Labute approximate surface area is 143 Å². The van der Waals surface area contributed by atoms with Crippen molar-refractivity contribution in [1.29, 1.82) is 0 Å². The van der Waals surface area contributed by atoms with Crippen molar-refractivity contribution >= 4 is 11.8 Å². The summed E-state index contributed by atoms with van der Waals surface area (Å²) in [5.41, 5.74) is 0.797. The highest BCUT2D eigenvalue weighted by atomic mass is 19.1. The zero-order valence-electron chi connectivity index (χ0n) is 13.8. The van der Waals surface area contributed by atoms with Gasteiger partial charge in [0, 0.05) is 37.4 Å². The number of aromatic amines is 1. The van der Waals surface area contributed by atoms with E-state index in [9.17, 15) is 18.8 Å². The molecule has 0 saturated carbocycles. The summed E-state index contributed by atoms with van der Waals surface area (Å²) in [6.07, 6.45) is 0. The molecule has 3 rings (SSSR count). The number of carbonyl (C=O) groups is 2. The van der Waals surface area contributed by atoms with E-state index in [0.717, 1.165) is 0 Å². The number of nitrogens with zero attached hydrogens (tertiary/aromatic N) is 2. The van der Waals surface area contributed by atoms with Crippen LogP contribution in [0, 0.1) is 12.7 Å². The van der Waals surface area contributed by atoms with E-state index in [1.54, 1.807) is 22.8 Å². The van der Waals surface area contributed by atoms with Gasteiger partial charge < -0.3 is 14.8 Å². The Kier molecular flexibility index (Phi) is 4.65. The first-order valence-corrected chi connectivity index (χ1v) is 8.00. The average molecular weight is 343 g/mol. The quantitative estimate of drug-likeness (QED) is 0.896.